The van der Waals surface area contributed by atoms with Crippen LogP contribution in [-0.4, -0.2) is 54.8 Å². The fraction of sp³-hybridized carbons (Fsp3) is 0.192. The van der Waals surface area contributed by atoms with E-state index in [4.69, 9.17) is 34.0 Å². The first kappa shape index (κ1) is 27.6. The second kappa shape index (κ2) is 11.5. The van der Waals surface area contributed by atoms with E-state index < -0.39 is 28.1 Å². The number of aliphatic hydroxyl groups excluding tert-OH is 1. The fourth-order valence-electron chi connectivity index (χ4n) is 3.95. The van der Waals surface area contributed by atoms with Crippen molar-refractivity contribution in [2.45, 2.75) is 29.9 Å². The largest absolute Gasteiger partial charge is 0.391 e. The van der Waals surface area contributed by atoms with Crippen molar-refractivity contribution >= 4 is 50.8 Å². The SMILES string of the molecule is C[C@H](O)[C@@H](N/C(=N\S(=O)(=O)c1ccc(Cl)cc1)N1C[C@H](c2ccccc2)C(c2ccc(Cl)cc2)=N1)C(N)=O. The molecule has 0 radical (unpaired) electrons. The molecular formula is C26H25Cl2N5O4S. The molecule has 3 atom stereocenters. The summed E-state index contributed by atoms with van der Waals surface area (Å²) < 4.78 is 30.4. The Balaban J connectivity index is 1.82. The Kier molecular flexibility index (Phi) is 8.37. The van der Waals surface area contributed by atoms with Crippen LogP contribution in [0.2, 0.25) is 10.0 Å². The highest BCUT2D eigenvalue weighted by Gasteiger charge is 2.34. The van der Waals surface area contributed by atoms with Crippen molar-refractivity contribution in [1.82, 2.24) is 10.3 Å². The smallest absolute Gasteiger partial charge is 0.285 e. The Bertz CT molecular complexity index is 1460. The van der Waals surface area contributed by atoms with Crippen molar-refractivity contribution in [3.63, 3.8) is 0 Å². The van der Waals surface area contributed by atoms with Crippen molar-refractivity contribution in [1.29, 1.82) is 0 Å². The molecule has 0 fully saturated rings. The summed E-state index contributed by atoms with van der Waals surface area (Å²) in [6.07, 6.45) is -1.25. The van der Waals surface area contributed by atoms with Gasteiger partial charge >= 0.3 is 0 Å². The number of benzene rings is 3. The normalized spacial score (nSPS) is 17.6. The molecule has 3 aromatic rings. The molecule has 3 aromatic carbocycles. The van der Waals surface area contributed by atoms with Crippen LogP contribution >= 0.6 is 23.2 Å². The van der Waals surface area contributed by atoms with Gasteiger partial charge in [0, 0.05) is 16.0 Å². The third-order valence-electron chi connectivity index (χ3n) is 5.89. The minimum absolute atomic E-state index is 0.116. The van der Waals surface area contributed by atoms with Crippen molar-refractivity contribution in [2.75, 3.05) is 6.54 Å². The summed E-state index contributed by atoms with van der Waals surface area (Å²) >= 11 is 12.0. The number of carbonyl (C=O) groups is 1. The average molecular weight is 574 g/mol. The minimum atomic E-state index is -4.28. The Morgan fingerprint density at radius 2 is 1.63 bits per heavy atom. The zero-order chi connectivity index (χ0) is 27.4. The maximum absolute atomic E-state index is 13.2. The molecular weight excluding hydrogens is 549 g/mol. The summed E-state index contributed by atoms with van der Waals surface area (Å²) in [5.74, 6) is -1.44. The number of hydrogen-bond donors (Lipinski definition) is 3. The first-order valence-electron chi connectivity index (χ1n) is 11.6. The summed E-state index contributed by atoms with van der Waals surface area (Å²) in [4.78, 5) is 12.0. The molecule has 0 saturated heterocycles. The molecule has 1 aliphatic heterocycles. The van der Waals surface area contributed by atoms with Gasteiger partial charge in [-0.25, -0.2) is 5.01 Å². The number of nitrogens with two attached hydrogens (primary N) is 1. The third-order valence-corrected chi connectivity index (χ3v) is 7.68. The molecule has 4 rings (SSSR count). The van der Waals surface area contributed by atoms with E-state index in [-0.39, 0.29) is 23.3 Å². The number of guanidine groups is 1. The first-order chi connectivity index (χ1) is 18.0. The van der Waals surface area contributed by atoms with Gasteiger partial charge in [-0.2, -0.15) is 13.5 Å². The summed E-state index contributed by atoms with van der Waals surface area (Å²) in [6.45, 7) is 1.54. The highest BCUT2D eigenvalue weighted by Crippen LogP contribution is 2.30. The van der Waals surface area contributed by atoms with Crippen LogP contribution in [0.25, 0.3) is 0 Å². The predicted molar refractivity (Wildman–Crippen MR) is 148 cm³/mol. The van der Waals surface area contributed by atoms with Crippen molar-refractivity contribution in [2.24, 2.45) is 15.2 Å². The summed E-state index contributed by atoms with van der Waals surface area (Å²) in [7, 11) is -4.28. The molecule has 9 nitrogen and oxygen atoms in total. The average Bonchev–Trinajstić information content (AvgIpc) is 3.33. The number of aliphatic hydroxyl groups is 1. The summed E-state index contributed by atoms with van der Waals surface area (Å²) in [5, 5.41) is 19.8. The molecule has 1 aliphatic rings. The number of hydrazone groups is 1. The molecule has 4 N–H and O–H groups in total. The van der Waals surface area contributed by atoms with E-state index in [0.29, 0.717) is 15.8 Å². The molecule has 0 aliphatic carbocycles. The minimum Gasteiger partial charge on any atom is -0.391 e. The lowest BCUT2D eigenvalue weighted by atomic mass is 9.91. The van der Waals surface area contributed by atoms with Crippen LogP contribution in [0.3, 0.4) is 0 Å². The van der Waals surface area contributed by atoms with Gasteiger partial charge in [0.2, 0.25) is 11.9 Å². The second-order valence-electron chi connectivity index (χ2n) is 8.65. The third kappa shape index (κ3) is 6.33. The number of amides is 1. The molecule has 0 saturated carbocycles. The lowest BCUT2D eigenvalue weighted by Gasteiger charge is -2.24. The number of hydrogen-bond acceptors (Lipinski definition) is 5. The van der Waals surface area contributed by atoms with Crippen LogP contribution in [0.1, 0.15) is 24.0 Å². The van der Waals surface area contributed by atoms with Crippen LogP contribution in [-0.2, 0) is 14.8 Å². The van der Waals surface area contributed by atoms with Gasteiger partial charge in [0.1, 0.15) is 6.04 Å². The summed E-state index contributed by atoms with van der Waals surface area (Å²) in [5.41, 5.74) is 7.82. The van der Waals surface area contributed by atoms with Crippen molar-refractivity contribution in [3.8, 4) is 0 Å². The first-order valence-corrected chi connectivity index (χ1v) is 13.8. The topological polar surface area (TPSA) is 137 Å². The van der Waals surface area contributed by atoms with E-state index in [2.05, 4.69) is 9.71 Å². The van der Waals surface area contributed by atoms with Gasteiger partial charge in [-0.05, 0) is 54.4 Å². The number of sulfonamides is 1. The Morgan fingerprint density at radius 1 is 1.05 bits per heavy atom. The van der Waals surface area contributed by atoms with Crippen LogP contribution in [0.15, 0.2) is 93.3 Å². The van der Waals surface area contributed by atoms with Crippen LogP contribution in [0.5, 0.6) is 0 Å². The molecule has 0 unspecified atom stereocenters. The maximum Gasteiger partial charge on any atom is 0.285 e. The highest BCUT2D eigenvalue weighted by atomic mass is 35.5. The maximum atomic E-state index is 13.2. The van der Waals surface area contributed by atoms with Gasteiger partial charge in [-0.1, -0.05) is 65.7 Å². The molecule has 198 valence electrons. The lowest BCUT2D eigenvalue weighted by Crippen LogP contribution is -2.54. The van der Waals surface area contributed by atoms with Crippen molar-refractivity contribution < 1.29 is 18.3 Å². The van der Waals surface area contributed by atoms with E-state index in [0.717, 1.165) is 11.1 Å². The predicted octanol–water partition coefficient (Wildman–Crippen LogP) is 3.37. The number of carbonyl (C=O) groups excluding carboxylic acids is 1. The number of halogens is 2. The van der Waals surface area contributed by atoms with Gasteiger partial charge in [0.15, 0.2) is 0 Å². The molecule has 1 heterocycles. The van der Waals surface area contributed by atoms with E-state index in [1.54, 1.807) is 12.1 Å². The molecule has 0 spiro atoms. The van der Waals surface area contributed by atoms with Gasteiger partial charge in [0.25, 0.3) is 10.0 Å². The van der Waals surface area contributed by atoms with Gasteiger partial charge in [-0.3, -0.25) is 4.79 Å². The van der Waals surface area contributed by atoms with E-state index in [9.17, 15) is 18.3 Å². The lowest BCUT2D eigenvalue weighted by molar-refractivity contribution is -0.121. The van der Waals surface area contributed by atoms with E-state index >= 15 is 0 Å². The zero-order valence-corrected chi connectivity index (χ0v) is 22.5. The molecule has 38 heavy (non-hydrogen) atoms. The Morgan fingerprint density at radius 3 is 2.18 bits per heavy atom. The Labute approximate surface area is 230 Å². The number of nitrogens with zero attached hydrogens (tertiary/aromatic N) is 3. The zero-order valence-electron chi connectivity index (χ0n) is 20.2. The van der Waals surface area contributed by atoms with E-state index in [1.807, 2.05) is 42.5 Å². The highest BCUT2D eigenvalue weighted by molar-refractivity contribution is 7.90. The fourth-order valence-corrected chi connectivity index (χ4v) is 5.16. The molecule has 12 heteroatoms. The van der Waals surface area contributed by atoms with Gasteiger partial charge < -0.3 is 16.2 Å². The molecule has 0 aromatic heterocycles. The Hall–Kier alpha value is -3.44. The van der Waals surface area contributed by atoms with Crippen molar-refractivity contribution in [3.05, 3.63) is 100 Å². The number of primary amides is 1. The van der Waals surface area contributed by atoms with Crippen LogP contribution < -0.4 is 11.1 Å². The van der Waals surface area contributed by atoms with Crippen LogP contribution in [0.4, 0.5) is 0 Å². The quantitative estimate of drug-likeness (QED) is 0.292. The standard InChI is InChI=1S/C26H25Cl2N5O4S/c1-16(34)23(25(29)35)30-26(32-38(36,37)21-13-11-20(28)12-14-21)33-15-22(17-5-3-2-4-6-17)24(31-33)18-7-9-19(27)10-8-18/h2-14,16,22-23,34H,15H2,1H3,(H2,29,35)(H,30,32)/t16-,22+,23+/m0/s1. The number of rotatable bonds is 7. The molecule has 0 bridgehead atoms. The van der Waals surface area contributed by atoms with E-state index in [1.165, 1.54) is 36.2 Å². The van der Waals surface area contributed by atoms with Gasteiger partial charge in [-0.15, -0.1) is 4.40 Å². The number of nitrogens with one attached hydrogen (secondary N) is 1. The molecule has 1 amide bonds. The monoisotopic (exact) mass is 573 g/mol. The second-order valence-corrected chi connectivity index (χ2v) is 11.1. The van der Waals surface area contributed by atoms with Crippen LogP contribution in [0, 0.1) is 0 Å². The van der Waals surface area contributed by atoms with Gasteiger partial charge in [0.05, 0.1) is 23.3 Å². The summed E-state index contributed by atoms with van der Waals surface area (Å²) in [6, 6.07) is 20.8.